The number of carbonyl (C=O) groups is 2. The highest BCUT2D eigenvalue weighted by Crippen LogP contribution is 2.27. The van der Waals surface area contributed by atoms with Crippen LogP contribution in [0.3, 0.4) is 0 Å². The molecule has 1 aromatic carbocycles. The summed E-state index contributed by atoms with van der Waals surface area (Å²) in [6.45, 7) is 0.264. The molecule has 0 bridgehead atoms. The van der Waals surface area contributed by atoms with Crippen molar-refractivity contribution in [2.24, 2.45) is 0 Å². The second-order valence-corrected chi connectivity index (χ2v) is 3.71. The van der Waals surface area contributed by atoms with Gasteiger partial charge in [-0.3, -0.25) is 4.79 Å². The molecule has 0 atom stereocenters. The van der Waals surface area contributed by atoms with Gasteiger partial charge in [-0.1, -0.05) is 6.07 Å². The average Bonchev–Trinajstić information content (AvgIpc) is 2.46. The number of rotatable bonds is 4. The molecular formula is C13H20N2O5. The molecule has 7 nitrogen and oxygen atoms in total. The van der Waals surface area contributed by atoms with Crippen molar-refractivity contribution < 1.29 is 24.2 Å². The monoisotopic (exact) mass is 284 g/mol. The largest absolute Gasteiger partial charge is 0.493 e. The maximum atomic E-state index is 11.4. The van der Waals surface area contributed by atoms with Gasteiger partial charge in [0.05, 0.1) is 14.2 Å². The molecule has 0 spiro atoms. The smallest absolute Gasteiger partial charge is 0.317 e. The molecular weight excluding hydrogens is 264 g/mol. The van der Waals surface area contributed by atoms with E-state index < -0.39 is 0 Å². The molecule has 112 valence electrons. The number of ether oxygens (including phenoxy) is 2. The van der Waals surface area contributed by atoms with Crippen LogP contribution in [0.5, 0.6) is 11.5 Å². The summed E-state index contributed by atoms with van der Waals surface area (Å²) in [5, 5.41) is 9.46. The second-order valence-electron chi connectivity index (χ2n) is 3.71. The fourth-order valence-electron chi connectivity index (χ4n) is 1.52. The maximum absolute atomic E-state index is 11.4. The highest BCUT2D eigenvalue weighted by Gasteiger charge is 2.09. The van der Waals surface area contributed by atoms with Crippen molar-refractivity contribution in [1.29, 1.82) is 0 Å². The van der Waals surface area contributed by atoms with Crippen LogP contribution in [0.1, 0.15) is 5.56 Å². The summed E-state index contributed by atoms with van der Waals surface area (Å²) in [4.78, 5) is 21.3. The first-order valence-corrected chi connectivity index (χ1v) is 5.75. The zero-order valence-corrected chi connectivity index (χ0v) is 12.0. The third-order valence-corrected chi connectivity index (χ3v) is 2.43. The number of nitrogens with zero attached hydrogens (tertiary/aromatic N) is 1. The van der Waals surface area contributed by atoms with E-state index in [9.17, 15) is 4.79 Å². The second kappa shape index (κ2) is 9.48. The van der Waals surface area contributed by atoms with E-state index in [1.54, 1.807) is 33.2 Å². The third-order valence-electron chi connectivity index (χ3n) is 2.43. The first-order valence-electron chi connectivity index (χ1n) is 5.75. The van der Waals surface area contributed by atoms with Crippen LogP contribution in [0, 0.1) is 0 Å². The number of nitrogens with one attached hydrogen (secondary N) is 1. The minimum atomic E-state index is -0.250. The van der Waals surface area contributed by atoms with Gasteiger partial charge in [-0.15, -0.1) is 0 Å². The Kier molecular flexibility index (Phi) is 8.33. The van der Waals surface area contributed by atoms with Gasteiger partial charge in [0.1, 0.15) is 0 Å². The minimum absolute atomic E-state index is 0.125. The summed E-state index contributed by atoms with van der Waals surface area (Å²) in [5.41, 5.74) is 0.980. The summed E-state index contributed by atoms with van der Waals surface area (Å²) < 4.78 is 10.3. The average molecular weight is 284 g/mol. The van der Waals surface area contributed by atoms with Crippen LogP contribution in [-0.2, 0) is 11.3 Å². The lowest BCUT2D eigenvalue weighted by molar-refractivity contribution is -0.122. The number of hydrogen-bond donors (Lipinski definition) is 2. The number of methoxy groups -OCH3 is 2. The van der Waals surface area contributed by atoms with Crippen molar-refractivity contribution in [2.45, 2.75) is 6.54 Å². The molecule has 2 amide bonds. The van der Waals surface area contributed by atoms with Crippen molar-refractivity contribution in [3.8, 4) is 11.5 Å². The van der Waals surface area contributed by atoms with E-state index in [2.05, 4.69) is 5.32 Å². The Hall–Kier alpha value is -2.44. The number of carboxylic acid groups (broad SMARTS) is 1. The predicted molar refractivity (Wildman–Crippen MR) is 74.2 cm³/mol. The quantitative estimate of drug-likeness (QED) is 0.810. The van der Waals surface area contributed by atoms with E-state index in [4.69, 9.17) is 19.4 Å². The van der Waals surface area contributed by atoms with Crippen LogP contribution in [0.25, 0.3) is 0 Å². The Morgan fingerprint density at radius 1 is 1.35 bits per heavy atom. The van der Waals surface area contributed by atoms with E-state index in [1.165, 1.54) is 0 Å². The van der Waals surface area contributed by atoms with Crippen molar-refractivity contribution >= 4 is 12.5 Å². The van der Waals surface area contributed by atoms with Crippen molar-refractivity contribution in [3.63, 3.8) is 0 Å². The summed E-state index contributed by atoms with van der Waals surface area (Å²) in [6.07, 6.45) is 0. The Bertz CT molecular complexity index is 437. The standard InChI is InChI=1S/C12H18N2O3.CH2O2/c1-13-12(15)14(2)8-9-5-6-10(16-3)11(7-9)17-4;2-1-3/h5-7H,8H2,1-4H3,(H,13,15);1H,(H,2,3). The highest BCUT2D eigenvalue weighted by atomic mass is 16.5. The summed E-state index contributed by atoms with van der Waals surface area (Å²) in [7, 11) is 6.52. The van der Waals surface area contributed by atoms with Gasteiger partial charge in [0.2, 0.25) is 0 Å². The van der Waals surface area contributed by atoms with Crippen molar-refractivity contribution in [2.75, 3.05) is 28.3 Å². The molecule has 1 aromatic rings. The van der Waals surface area contributed by atoms with Crippen molar-refractivity contribution in [1.82, 2.24) is 10.2 Å². The molecule has 0 aliphatic carbocycles. The lowest BCUT2D eigenvalue weighted by atomic mass is 10.2. The van der Waals surface area contributed by atoms with Crippen LogP contribution >= 0.6 is 0 Å². The normalized spacial score (nSPS) is 8.80. The molecule has 2 N–H and O–H groups in total. The molecule has 0 aliphatic rings. The number of hydrogen-bond acceptors (Lipinski definition) is 4. The SMILES string of the molecule is CNC(=O)N(C)Cc1ccc(OC)c(OC)c1.O=CO. The van der Waals surface area contributed by atoms with Gasteiger partial charge in [-0.2, -0.15) is 0 Å². The van der Waals surface area contributed by atoms with Gasteiger partial charge in [-0.05, 0) is 17.7 Å². The molecule has 0 saturated heterocycles. The number of amides is 2. The van der Waals surface area contributed by atoms with E-state index >= 15 is 0 Å². The molecule has 0 aromatic heterocycles. The van der Waals surface area contributed by atoms with Gasteiger partial charge >= 0.3 is 6.03 Å². The van der Waals surface area contributed by atoms with Gasteiger partial charge in [0.15, 0.2) is 11.5 Å². The third kappa shape index (κ3) is 5.47. The highest BCUT2D eigenvalue weighted by molar-refractivity contribution is 5.73. The van der Waals surface area contributed by atoms with E-state index in [0.717, 1.165) is 5.56 Å². The van der Waals surface area contributed by atoms with Gasteiger partial charge in [0.25, 0.3) is 6.47 Å². The molecule has 0 heterocycles. The van der Waals surface area contributed by atoms with Crippen LogP contribution in [0.2, 0.25) is 0 Å². The zero-order chi connectivity index (χ0) is 15.5. The van der Waals surface area contributed by atoms with Crippen LogP contribution in [0.15, 0.2) is 18.2 Å². The first kappa shape index (κ1) is 17.6. The molecule has 0 unspecified atom stereocenters. The van der Waals surface area contributed by atoms with Gasteiger partial charge in [0, 0.05) is 20.6 Å². The minimum Gasteiger partial charge on any atom is -0.493 e. The van der Waals surface area contributed by atoms with Crippen LogP contribution < -0.4 is 14.8 Å². The fourth-order valence-corrected chi connectivity index (χ4v) is 1.52. The number of urea groups is 1. The Labute approximate surface area is 118 Å². The molecule has 1 rings (SSSR count). The van der Waals surface area contributed by atoms with Crippen LogP contribution in [0.4, 0.5) is 4.79 Å². The molecule has 0 radical (unpaired) electrons. The summed E-state index contributed by atoms with van der Waals surface area (Å²) in [6, 6.07) is 5.46. The van der Waals surface area contributed by atoms with E-state index in [1.807, 2.05) is 18.2 Å². The van der Waals surface area contributed by atoms with Crippen molar-refractivity contribution in [3.05, 3.63) is 23.8 Å². The summed E-state index contributed by atoms with van der Waals surface area (Å²) >= 11 is 0. The predicted octanol–water partition coefficient (Wildman–Crippen LogP) is 1.18. The zero-order valence-electron chi connectivity index (χ0n) is 12.0. The molecule has 20 heavy (non-hydrogen) atoms. The number of benzene rings is 1. The molecule has 0 aliphatic heterocycles. The lowest BCUT2D eigenvalue weighted by Gasteiger charge is -2.17. The Morgan fingerprint density at radius 2 is 1.90 bits per heavy atom. The number of carbonyl (C=O) groups excluding carboxylic acids is 1. The topological polar surface area (TPSA) is 88.1 Å². The molecule has 7 heteroatoms. The van der Waals surface area contributed by atoms with Crippen LogP contribution in [-0.4, -0.2) is 50.8 Å². The Balaban J connectivity index is 0.00000110. The molecule has 0 fully saturated rings. The lowest BCUT2D eigenvalue weighted by Crippen LogP contribution is -2.34. The molecule has 0 saturated carbocycles. The van der Waals surface area contributed by atoms with E-state index in [0.29, 0.717) is 18.0 Å². The first-order chi connectivity index (χ1) is 9.53. The Morgan fingerprint density at radius 3 is 2.35 bits per heavy atom. The summed E-state index contributed by atoms with van der Waals surface area (Å²) in [5.74, 6) is 1.34. The maximum Gasteiger partial charge on any atom is 0.317 e. The fraction of sp³-hybridized carbons (Fsp3) is 0.385. The van der Waals surface area contributed by atoms with Gasteiger partial charge < -0.3 is 24.8 Å². The van der Waals surface area contributed by atoms with E-state index in [-0.39, 0.29) is 12.5 Å². The van der Waals surface area contributed by atoms with Gasteiger partial charge in [-0.25, -0.2) is 4.79 Å².